The number of rotatable bonds is 2. The Balaban J connectivity index is 1.83. The molecule has 22 heavy (non-hydrogen) atoms. The number of aromatic nitrogens is 3. The van der Waals surface area contributed by atoms with Crippen LogP contribution in [0.1, 0.15) is 32.4 Å². The highest BCUT2D eigenvalue weighted by molar-refractivity contribution is 5.94. The van der Waals surface area contributed by atoms with E-state index < -0.39 is 5.91 Å². The Kier molecular flexibility index (Phi) is 3.36. The summed E-state index contributed by atoms with van der Waals surface area (Å²) in [7, 11) is 0. The molecule has 0 spiro atoms. The second kappa shape index (κ2) is 5.21. The van der Waals surface area contributed by atoms with Crippen LogP contribution in [-0.4, -0.2) is 38.0 Å². The second-order valence-corrected chi connectivity index (χ2v) is 5.15. The number of nitrogens with zero attached hydrogens (tertiary/aromatic N) is 4. The van der Waals surface area contributed by atoms with E-state index in [0.29, 0.717) is 30.0 Å². The van der Waals surface area contributed by atoms with Gasteiger partial charge in [0, 0.05) is 18.7 Å². The van der Waals surface area contributed by atoms with E-state index in [1.807, 2.05) is 0 Å². The number of aryl methyl sites for hydroxylation is 1. The predicted molar refractivity (Wildman–Crippen MR) is 74.4 cm³/mol. The van der Waals surface area contributed by atoms with Crippen LogP contribution in [0.25, 0.3) is 0 Å². The van der Waals surface area contributed by atoms with E-state index in [9.17, 15) is 14.0 Å². The number of carbonyl (C=O) groups excluding carboxylic acids is 2. The average molecular weight is 303 g/mol. The molecule has 0 radical (unpaired) electrons. The van der Waals surface area contributed by atoms with Crippen molar-refractivity contribution < 1.29 is 14.0 Å². The highest BCUT2D eigenvalue weighted by Crippen LogP contribution is 2.17. The molecule has 0 fully saturated rings. The van der Waals surface area contributed by atoms with E-state index in [1.54, 1.807) is 16.4 Å². The maximum Gasteiger partial charge on any atom is 0.286 e. The van der Waals surface area contributed by atoms with Gasteiger partial charge in [-0.25, -0.2) is 4.39 Å². The van der Waals surface area contributed by atoms with Crippen molar-refractivity contribution in [2.45, 2.75) is 20.0 Å². The van der Waals surface area contributed by atoms with Crippen LogP contribution in [0.5, 0.6) is 0 Å². The number of halogens is 1. The third-order valence-electron chi connectivity index (χ3n) is 3.67. The van der Waals surface area contributed by atoms with Gasteiger partial charge in [0.1, 0.15) is 5.82 Å². The Morgan fingerprint density at radius 1 is 1.27 bits per heavy atom. The molecule has 2 N–H and O–H groups in total. The van der Waals surface area contributed by atoms with Gasteiger partial charge in [-0.1, -0.05) is 0 Å². The van der Waals surface area contributed by atoms with Gasteiger partial charge in [0.25, 0.3) is 11.8 Å². The Hall–Kier alpha value is -2.77. The highest BCUT2D eigenvalue weighted by atomic mass is 19.1. The van der Waals surface area contributed by atoms with Crippen LogP contribution in [0.3, 0.4) is 0 Å². The fourth-order valence-electron chi connectivity index (χ4n) is 2.47. The highest BCUT2D eigenvalue weighted by Gasteiger charge is 2.26. The van der Waals surface area contributed by atoms with E-state index >= 15 is 0 Å². The van der Waals surface area contributed by atoms with Crippen LogP contribution >= 0.6 is 0 Å². The lowest BCUT2D eigenvalue weighted by molar-refractivity contribution is 0.0706. The monoisotopic (exact) mass is 303 g/mol. The molecule has 2 amide bonds. The lowest BCUT2D eigenvalue weighted by atomic mass is 10.1. The summed E-state index contributed by atoms with van der Waals surface area (Å²) in [6, 6.07) is 4.25. The minimum atomic E-state index is -0.646. The summed E-state index contributed by atoms with van der Waals surface area (Å²) < 4.78 is 14.9. The molecule has 2 aromatic rings. The average Bonchev–Trinajstić information content (AvgIpc) is 2.92. The van der Waals surface area contributed by atoms with Crippen molar-refractivity contribution in [3.63, 3.8) is 0 Å². The molecule has 0 unspecified atom stereocenters. The van der Waals surface area contributed by atoms with Gasteiger partial charge < -0.3 is 15.2 Å². The molecule has 0 bridgehead atoms. The number of benzene rings is 1. The van der Waals surface area contributed by atoms with Gasteiger partial charge in [-0.05, 0) is 30.7 Å². The van der Waals surface area contributed by atoms with Gasteiger partial charge >= 0.3 is 0 Å². The zero-order valence-corrected chi connectivity index (χ0v) is 11.9. The summed E-state index contributed by atoms with van der Waals surface area (Å²) >= 11 is 0. The van der Waals surface area contributed by atoms with E-state index in [0.717, 1.165) is 0 Å². The number of fused-ring (bicyclic) bond motifs is 1. The molecular formula is C14H14FN5O2. The molecule has 2 heterocycles. The molecular weight excluding hydrogens is 289 g/mol. The fraction of sp³-hybridized carbons (Fsp3) is 0.286. The van der Waals surface area contributed by atoms with Crippen molar-refractivity contribution in [3.8, 4) is 0 Å². The number of carbonyl (C=O) groups is 2. The third kappa shape index (κ3) is 2.32. The first kappa shape index (κ1) is 14.2. The van der Waals surface area contributed by atoms with Crippen molar-refractivity contribution in [2.24, 2.45) is 5.73 Å². The molecule has 114 valence electrons. The van der Waals surface area contributed by atoms with Gasteiger partial charge in [-0.15, -0.1) is 10.2 Å². The Bertz CT molecular complexity index is 771. The summed E-state index contributed by atoms with van der Waals surface area (Å²) in [6.07, 6.45) is 0. The summed E-state index contributed by atoms with van der Waals surface area (Å²) in [5.74, 6) is -0.598. The molecule has 0 atom stereocenters. The van der Waals surface area contributed by atoms with E-state index in [-0.39, 0.29) is 24.1 Å². The smallest absolute Gasteiger partial charge is 0.286 e. The Morgan fingerprint density at radius 3 is 2.73 bits per heavy atom. The van der Waals surface area contributed by atoms with Crippen molar-refractivity contribution >= 4 is 11.8 Å². The van der Waals surface area contributed by atoms with Gasteiger partial charge in [0.15, 0.2) is 5.82 Å². The number of hydrogen-bond donors (Lipinski definition) is 1. The Morgan fingerprint density at radius 2 is 2.05 bits per heavy atom. The predicted octanol–water partition coefficient (Wildman–Crippen LogP) is 0.481. The number of hydrogen-bond acceptors (Lipinski definition) is 4. The van der Waals surface area contributed by atoms with Crippen molar-refractivity contribution in [3.05, 3.63) is 46.8 Å². The molecule has 1 aromatic heterocycles. The summed E-state index contributed by atoms with van der Waals surface area (Å²) in [5.41, 5.74) is 6.06. The standard InChI is InChI=1S/C14H14FN5O2/c1-8-6-9(2-3-10(8)15)14(22)19-4-5-20-11(7-19)17-18-13(20)12(16)21/h2-3,6H,4-5,7H2,1H3,(H2,16,21). The van der Waals surface area contributed by atoms with Crippen molar-refractivity contribution in [1.29, 1.82) is 0 Å². The van der Waals surface area contributed by atoms with E-state index in [2.05, 4.69) is 10.2 Å². The molecule has 7 nitrogen and oxygen atoms in total. The molecule has 0 aliphatic carbocycles. The molecule has 1 aliphatic heterocycles. The second-order valence-electron chi connectivity index (χ2n) is 5.15. The minimum absolute atomic E-state index is 0.0970. The molecule has 0 saturated carbocycles. The van der Waals surface area contributed by atoms with Crippen LogP contribution in [-0.2, 0) is 13.1 Å². The van der Waals surface area contributed by atoms with E-state index in [1.165, 1.54) is 18.2 Å². The van der Waals surface area contributed by atoms with Crippen LogP contribution in [0.4, 0.5) is 4.39 Å². The zero-order valence-electron chi connectivity index (χ0n) is 11.9. The third-order valence-corrected chi connectivity index (χ3v) is 3.67. The SMILES string of the molecule is Cc1cc(C(=O)N2CCn3c(nnc3C(N)=O)C2)ccc1F. The maximum absolute atomic E-state index is 13.3. The lowest BCUT2D eigenvalue weighted by Crippen LogP contribution is -2.39. The van der Waals surface area contributed by atoms with Gasteiger partial charge in [-0.3, -0.25) is 9.59 Å². The lowest BCUT2D eigenvalue weighted by Gasteiger charge is -2.27. The van der Waals surface area contributed by atoms with Crippen LogP contribution in [0, 0.1) is 12.7 Å². The number of nitrogens with two attached hydrogens (primary N) is 1. The van der Waals surface area contributed by atoms with Gasteiger partial charge in [0.05, 0.1) is 6.54 Å². The molecule has 8 heteroatoms. The quantitative estimate of drug-likeness (QED) is 0.873. The summed E-state index contributed by atoms with van der Waals surface area (Å²) in [4.78, 5) is 25.3. The summed E-state index contributed by atoms with van der Waals surface area (Å²) in [5, 5.41) is 7.63. The molecule has 1 aromatic carbocycles. The largest absolute Gasteiger partial charge is 0.363 e. The first-order valence-corrected chi connectivity index (χ1v) is 6.74. The van der Waals surface area contributed by atoms with Crippen molar-refractivity contribution in [1.82, 2.24) is 19.7 Å². The fourth-order valence-corrected chi connectivity index (χ4v) is 2.47. The molecule has 1 aliphatic rings. The van der Waals surface area contributed by atoms with Crippen molar-refractivity contribution in [2.75, 3.05) is 6.54 Å². The molecule has 3 rings (SSSR count). The minimum Gasteiger partial charge on any atom is -0.363 e. The summed E-state index contributed by atoms with van der Waals surface area (Å²) in [6.45, 7) is 2.64. The molecule has 0 saturated heterocycles. The zero-order chi connectivity index (χ0) is 15.9. The van der Waals surface area contributed by atoms with Crippen LogP contribution in [0.2, 0.25) is 0 Å². The van der Waals surface area contributed by atoms with Crippen LogP contribution < -0.4 is 5.73 Å². The first-order valence-electron chi connectivity index (χ1n) is 6.74. The van der Waals surface area contributed by atoms with Gasteiger partial charge in [0.2, 0.25) is 5.82 Å². The Labute approximate surface area is 125 Å². The van der Waals surface area contributed by atoms with Gasteiger partial charge in [-0.2, -0.15) is 0 Å². The van der Waals surface area contributed by atoms with E-state index in [4.69, 9.17) is 5.73 Å². The topological polar surface area (TPSA) is 94.1 Å². The number of primary amides is 1. The normalized spacial score (nSPS) is 13.8. The maximum atomic E-state index is 13.3. The van der Waals surface area contributed by atoms with Crippen LogP contribution in [0.15, 0.2) is 18.2 Å². The first-order chi connectivity index (χ1) is 10.5. The number of amides is 2.